The Kier molecular flexibility index (Phi) is 8.82. The lowest BCUT2D eigenvalue weighted by Crippen LogP contribution is -2.46. The largest absolute Gasteiger partial charge is 0.458 e. The van der Waals surface area contributed by atoms with Gasteiger partial charge in [0, 0.05) is 52.3 Å². The Morgan fingerprint density at radius 2 is 1.80 bits per heavy atom. The summed E-state index contributed by atoms with van der Waals surface area (Å²) in [6.45, 7) is 10.8. The number of carbonyl (C=O) groups is 2. The van der Waals surface area contributed by atoms with Crippen molar-refractivity contribution < 1.29 is 33.4 Å². The number of carbonyl (C=O) groups excluding carboxylic acids is 2. The first-order chi connectivity index (χ1) is 16.4. The highest BCUT2D eigenvalue weighted by Gasteiger charge is 2.45. The average molecular weight is 496 g/mol. The fourth-order valence-electron chi connectivity index (χ4n) is 5.02. The Bertz CT molecular complexity index is 853. The van der Waals surface area contributed by atoms with Gasteiger partial charge in [-0.2, -0.15) is 0 Å². The van der Waals surface area contributed by atoms with Crippen LogP contribution in [-0.4, -0.2) is 84.9 Å². The third-order valence-corrected chi connectivity index (χ3v) is 6.71. The van der Waals surface area contributed by atoms with Crippen molar-refractivity contribution in [2.24, 2.45) is 11.8 Å². The first-order valence-electron chi connectivity index (χ1n) is 12.4. The van der Waals surface area contributed by atoms with Gasteiger partial charge in [-0.05, 0) is 39.5 Å². The number of hydrogen-bond acceptors (Lipinski definition) is 9. The number of esters is 1. The molecule has 2 aliphatic heterocycles. The molecule has 2 fully saturated rings. The number of aliphatic hydroxyl groups is 1. The van der Waals surface area contributed by atoms with Crippen LogP contribution in [0.2, 0.25) is 0 Å². The minimum atomic E-state index is -0.825. The van der Waals surface area contributed by atoms with E-state index in [9.17, 15) is 14.7 Å². The zero-order valence-electron chi connectivity index (χ0n) is 22.0. The SMILES string of the molecule is COC(OC)C1CCN(c2cc([C@H](C(=O)N3C[C@H](O)C[C@H]3C(=O)OC(C)(C)C)C(C)C)on2)CC1. The number of anilines is 1. The maximum atomic E-state index is 13.7. The van der Waals surface area contributed by atoms with Gasteiger partial charge in [0.2, 0.25) is 5.91 Å². The van der Waals surface area contributed by atoms with Crippen molar-refractivity contribution in [3.8, 4) is 0 Å². The Morgan fingerprint density at radius 1 is 1.17 bits per heavy atom. The van der Waals surface area contributed by atoms with Gasteiger partial charge in [-0.15, -0.1) is 0 Å². The molecule has 1 N–H and O–H groups in total. The summed E-state index contributed by atoms with van der Waals surface area (Å²) in [6, 6.07) is 0.996. The van der Waals surface area contributed by atoms with Gasteiger partial charge in [-0.3, -0.25) is 4.79 Å². The molecule has 1 aromatic heterocycles. The van der Waals surface area contributed by atoms with Gasteiger partial charge in [-0.25, -0.2) is 4.79 Å². The number of amides is 1. The van der Waals surface area contributed by atoms with Crippen LogP contribution < -0.4 is 4.90 Å². The van der Waals surface area contributed by atoms with Gasteiger partial charge in [0.25, 0.3) is 0 Å². The summed E-state index contributed by atoms with van der Waals surface area (Å²) >= 11 is 0. The smallest absolute Gasteiger partial charge is 0.329 e. The van der Waals surface area contributed by atoms with Crippen molar-refractivity contribution in [3.63, 3.8) is 0 Å². The Hall–Kier alpha value is -2.17. The first-order valence-corrected chi connectivity index (χ1v) is 12.4. The van der Waals surface area contributed by atoms with E-state index in [4.69, 9.17) is 18.7 Å². The van der Waals surface area contributed by atoms with E-state index in [1.54, 1.807) is 35.0 Å². The summed E-state index contributed by atoms with van der Waals surface area (Å²) in [6.07, 6.45) is 0.946. The highest BCUT2D eigenvalue weighted by molar-refractivity contribution is 5.89. The van der Waals surface area contributed by atoms with E-state index in [1.165, 1.54) is 4.90 Å². The van der Waals surface area contributed by atoms with Crippen LogP contribution in [0.15, 0.2) is 10.6 Å². The number of nitrogens with zero attached hydrogens (tertiary/aromatic N) is 3. The Morgan fingerprint density at radius 3 is 2.34 bits per heavy atom. The molecule has 0 radical (unpaired) electrons. The predicted octanol–water partition coefficient (Wildman–Crippen LogP) is 2.55. The maximum Gasteiger partial charge on any atom is 0.329 e. The van der Waals surface area contributed by atoms with E-state index in [-0.39, 0.29) is 31.1 Å². The quantitative estimate of drug-likeness (QED) is 0.429. The number of piperidine rings is 1. The van der Waals surface area contributed by atoms with Crippen LogP contribution in [0.25, 0.3) is 0 Å². The molecule has 3 heterocycles. The number of rotatable bonds is 8. The van der Waals surface area contributed by atoms with E-state index < -0.39 is 29.6 Å². The molecule has 3 rings (SSSR count). The molecular formula is C25H41N3O7. The third kappa shape index (κ3) is 6.54. The molecule has 0 saturated carbocycles. The van der Waals surface area contributed by atoms with Crippen molar-refractivity contribution in [2.45, 2.75) is 83.8 Å². The van der Waals surface area contributed by atoms with Gasteiger partial charge in [-0.1, -0.05) is 19.0 Å². The molecule has 10 nitrogen and oxygen atoms in total. The zero-order chi connectivity index (χ0) is 25.9. The molecule has 0 aromatic carbocycles. The maximum absolute atomic E-state index is 13.7. The topological polar surface area (TPSA) is 115 Å². The van der Waals surface area contributed by atoms with Gasteiger partial charge < -0.3 is 33.6 Å². The lowest BCUT2D eigenvalue weighted by Gasteiger charge is -2.34. The molecule has 3 atom stereocenters. The number of aromatic nitrogens is 1. The highest BCUT2D eigenvalue weighted by Crippen LogP contribution is 2.34. The van der Waals surface area contributed by atoms with Gasteiger partial charge in [0.1, 0.15) is 17.6 Å². The summed E-state index contributed by atoms with van der Waals surface area (Å²) in [5.41, 5.74) is -0.684. The molecule has 35 heavy (non-hydrogen) atoms. The lowest BCUT2D eigenvalue weighted by atomic mass is 9.91. The molecule has 10 heteroatoms. The number of β-amino-alcohol motifs (C(OH)–C–C–N with tert-alkyl or cyclic N) is 1. The van der Waals surface area contributed by atoms with Crippen molar-refractivity contribution in [1.82, 2.24) is 10.1 Å². The van der Waals surface area contributed by atoms with Crippen LogP contribution in [0.3, 0.4) is 0 Å². The van der Waals surface area contributed by atoms with E-state index in [0.29, 0.717) is 17.5 Å². The van der Waals surface area contributed by atoms with Gasteiger partial charge >= 0.3 is 5.97 Å². The van der Waals surface area contributed by atoms with E-state index >= 15 is 0 Å². The molecule has 2 saturated heterocycles. The summed E-state index contributed by atoms with van der Waals surface area (Å²) in [5, 5.41) is 14.5. The average Bonchev–Trinajstić information content (AvgIpc) is 3.41. The second kappa shape index (κ2) is 11.3. The minimum Gasteiger partial charge on any atom is -0.458 e. The number of ether oxygens (including phenoxy) is 3. The molecule has 0 aliphatic carbocycles. The summed E-state index contributed by atoms with van der Waals surface area (Å²) in [5.74, 6) is -0.0468. The normalized spacial score (nSPS) is 22.8. The van der Waals surface area contributed by atoms with Crippen molar-refractivity contribution >= 4 is 17.7 Å². The molecule has 0 unspecified atom stereocenters. The molecule has 198 valence electrons. The second-order valence-corrected chi connectivity index (χ2v) is 10.9. The summed E-state index contributed by atoms with van der Waals surface area (Å²) < 4.78 is 22.0. The van der Waals surface area contributed by atoms with Crippen molar-refractivity contribution in [3.05, 3.63) is 11.8 Å². The van der Waals surface area contributed by atoms with Gasteiger partial charge in [0.15, 0.2) is 17.9 Å². The fourth-order valence-corrected chi connectivity index (χ4v) is 5.02. The second-order valence-electron chi connectivity index (χ2n) is 10.9. The van der Waals surface area contributed by atoms with E-state index in [2.05, 4.69) is 10.1 Å². The Labute approximate surface area is 207 Å². The van der Waals surface area contributed by atoms with Crippen LogP contribution in [0.4, 0.5) is 5.82 Å². The zero-order valence-corrected chi connectivity index (χ0v) is 22.0. The third-order valence-electron chi connectivity index (χ3n) is 6.71. The molecule has 1 aromatic rings. The summed E-state index contributed by atoms with van der Waals surface area (Å²) in [7, 11) is 3.31. The van der Waals surface area contributed by atoms with Crippen LogP contribution in [0.1, 0.15) is 65.6 Å². The minimum absolute atomic E-state index is 0.0840. The molecule has 0 spiro atoms. The highest BCUT2D eigenvalue weighted by atomic mass is 16.7. The standard InChI is InChI=1S/C25H41N3O7/c1-15(2)21(22(30)28-14-17(29)12-18(28)23(31)34-25(3,4)5)19-13-20(26-35-19)27-10-8-16(9-11-27)24(32-6)33-7/h13,15-18,21,24,29H,8-12,14H2,1-7H3/t17-,18+,21-/m1/s1. The molecule has 0 bridgehead atoms. The number of hydrogen-bond donors (Lipinski definition) is 1. The summed E-state index contributed by atoms with van der Waals surface area (Å²) in [4.78, 5) is 30.0. The predicted molar refractivity (Wildman–Crippen MR) is 129 cm³/mol. The lowest BCUT2D eigenvalue weighted by molar-refractivity contribution is -0.163. The molecule has 2 aliphatic rings. The van der Waals surface area contributed by atoms with E-state index in [0.717, 1.165) is 25.9 Å². The first kappa shape index (κ1) is 27.4. The van der Waals surface area contributed by atoms with Crippen LogP contribution in [0, 0.1) is 11.8 Å². The molecule has 1 amide bonds. The van der Waals surface area contributed by atoms with Gasteiger partial charge in [0.05, 0.1) is 6.10 Å². The number of likely N-dealkylation sites (tertiary alicyclic amines) is 1. The fraction of sp³-hybridized carbons (Fsp3) is 0.800. The van der Waals surface area contributed by atoms with Crippen LogP contribution in [0.5, 0.6) is 0 Å². The monoisotopic (exact) mass is 495 g/mol. The van der Waals surface area contributed by atoms with Crippen molar-refractivity contribution in [2.75, 3.05) is 38.8 Å². The number of aliphatic hydroxyl groups excluding tert-OH is 1. The molecular weight excluding hydrogens is 454 g/mol. The number of methoxy groups -OCH3 is 2. The van der Waals surface area contributed by atoms with E-state index in [1.807, 2.05) is 19.9 Å². The van der Waals surface area contributed by atoms with Crippen molar-refractivity contribution in [1.29, 1.82) is 0 Å². The van der Waals surface area contributed by atoms with Crippen LogP contribution in [-0.2, 0) is 23.8 Å². The van der Waals surface area contributed by atoms with Crippen LogP contribution >= 0.6 is 0 Å². The Balaban J connectivity index is 1.73.